The molecule has 2 N–H and O–H groups in total. The van der Waals surface area contributed by atoms with Crippen LogP contribution in [0.2, 0.25) is 0 Å². The normalized spacial score (nSPS) is 14.5. The van der Waals surface area contributed by atoms with Crippen LogP contribution in [0.15, 0.2) is 60.9 Å². The topological polar surface area (TPSA) is 93.5 Å². The van der Waals surface area contributed by atoms with Crippen molar-refractivity contribution in [2.45, 2.75) is 44.7 Å². The molecule has 166 valence electrons. The molecule has 4 rings (SSSR count). The second-order valence-electron chi connectivity index (χ2n) is 8.71. The number of fused-ring (bicyclic) bond motifs is 3. The van der Waals surface area contributed by atoms with E-state index in [0.29, 0.717) is 0 Å². The molecule has 7 nitrogen and oxygen atoms in total. The van der Waals surface area contributed by atoms with Crippen molar-refractivity contribution in [3.63, 3.8) is 0 Å². The molecule has 0 fully saturated rings. The van der Waals surface area contributed by atoms with Crippen LogP contribution in [0.5, 0.6) is 0 Å². The fourth-order valence-corrected chi connectivity index (χ4v) is 4.11. The first-order valence-electron chi connectivity index (χ1n) is 10.7. The van der Waals surface area contributed by atoms with Gasteiger partial charge in [0.15, 0.2) is 5.54 Å². The Hall–Kier alpha value is -3.61. The summed E-state index contributed by atoms with van der Waals surface area (Å²) >= 11 is 0. The van der Waals surface area contributed by atoms with Gasteiger partial charge in [-0.05, 0) is 40.7 Å². The summed E-state index contributed by atoms with van der Waals surface area (Å²) in [6.07, 6.45) is 2.74. The van der Waals surface area contributed by atoms with Crippen molar-refractivity contribution in [1.29, 1.82) is 0 Å². The molecule has 1 unspecified atom stereocenters. The van der Waals surface area contributed by atoms with Gasteiger partial charge in [-0.15, -0.1) is 0 Å². The molecule has 0 spiro atoms. The minimum atomic E-state index is -1.57. The van der Waals surface area contributed by atoms with Gasteiger partial charge in [-0.1, -0.05) is 62.4 Å². The number of rotatable bonds is 7. The predicted octanol–water partition coefficient (Wildman–Crippen LogP) is 4.39. The zero-order chi connectivity index (χ0) is 22.9. The molecular weight excluding hydrogens is 406 g/mol. The largest absolute Gasteiger partial charge is 0.479 e. The number of hydrogen-bond donors (Lipinski definition) is 2. The van der Waals surface area contributed by atoms with Crippen LogP contribution in [-0.4, -0.2) is 39.1 Å². The first-order valence-corrected chi connectivity index (χ1v) is 10.7. The number of ether oxygens (including phenoxy) is 1. The summed E-state index contributed by atoms with van der Waals surface area (Å²) in [5.74, 6) is -0.980. The minimum absolute atomic E-state index is 0.0146. The van der Waals surface area contributed by atoms with Gasteiger partial charge in [-0.25, -0.2) is 9.59 Å². The maximum absolute atomic E-state index is 12.6. The molecule has 0 radical (unpaired) electrons. The average molecular weight is 434 g/mol. The van der Waals surface area contributed by atoms with Gasteiger partial charge in [0, 0.05) is 12.1 Å². The lowest BCUT2D eigenvalue weighted by molar-refractivity contribution is -0.144. The molecular formula is C25H27N3O4. The lowest BCUT2D eigenvalue weighted by atomic mass is 9.98. The fourth-order valence-electron chi connectivity index (χ4n) is 4.11. The summed E-state index contributed by atoms with van der Waals surface area (Å²) in [6.45, 7) is 5.63. The van der Waals surface area contributed by atoms with Crippen molar-refractivity contribution >= 4 is 12.1 Å². The summed E-state index contributed by atoms with van der Waals surface area (Å²) in [4.78, 5) is 24.6. The van der Waals surface area contributed by atoms with Crippen LogP contribution in [0.1, 0.15) is 49.3 Å². The lowest BCUT2D eigenvalue weighted by Gasteiger charge is -2.26. The molecule has 2 aromatic carbocycles. The molecule has 3 aromatic rings. The van der Waals surface area contributed by atoms with Crippen LogP contribution in [0.4, 0.5) is 4.79 Å². The molecule has 1 aromatic heterocycles. The summed E-state index contributed by atoms with van der Waals surface area (Å²) < 4.78 is 7.06. The first kappa shape index (κ1) is 21.6. The zero-order valence-electron chi connectivity index (χ0n) is 18.4. The van der Waals surface area contributed by atoms with E-state index >= 15 is 0 Å². The predicted molar refractivity (Wildman–Crippen MR) is 121 cm³/mol. The lowest BCUT2D eigenvalue weighted by Crippen LogP contribution is -2.55. The van der Waals surface area contributed by atoms with Gasteiger partial charge in [0.2, 0.25) is 0 Å². The standard InChI is InChI=1S/C25H27N3O4/c1-16(2)17-12-26-28(13-17)15-25(3,23(29)30)27-24(31)32-14-22-20-10-6-4-8-18(20)19-9-5-7-11-21(19)22/h4-13,16,22H,14-15H2,1-3H3,(H,27,31)(H,29,30). The van der Waals surface area contributed by atoms with Gasteiger partial charge in [0.1, 0.15) is 6.61 Å². The second kappa shape index (κ2) is 8.49. The number of carboxylic acid groups (broad SMARTS) is 1. The Labute approximate surface area is 187 Å². The number of carbonyl (C=O) groups excluding carboxylic acids is 1. The summed E-state index contributed by atoms with van der Waals surface area (Å²) in [5, 5.41) is 16.5. The maximum atomic E-state index is 12.6. The number of nitrogens with one attached hydrogen (secondary N) is 1. The third kappa shape index (κ3) is 4.10. The molecule has 0 saturated carbocycles. The van der Waals surface area contributed by atoms with Crippen molar-refractivity contribution in [1.82, 2.24) is 15.1 Å². The molecule has 1 heterocycles. The molecule has 1 aliphatic rings. The number of hydrogen-bond acceptors (Lipinski definition) is 4. The Morgan fingerprint density at radius 2 is 1.72 bits per heavy atom. The minimum Gasteiger partial charge on any atom is -0.479 e. The Kier molecular flexibility index (Phi) is 5.74. The molecule has 0 aliphatic heterocycles. The highest BCUT2D eigenvalue weighted by molar-refractivity contribution is 5.84. The molecule has 7 heteroatoms. The monoisotopic (exact) mass is 433 g/mol. The van der Waals surface area contributed by atoms with Gasteiger partial charge < -0.3 is 15.2 Å². The van der Waals surface area contributed by atoms with E-state index in [0.717, 1.165) is 27.8 Å². The third-order valence-electron chi connectivity index (χ3n) is 5.99. The number of aliphatic carboxylic acids is 1. The quantitative estimate of drug-likeness (QED) is 0.576. The van der Waals surface area contributed by atoms with E-state index in [1.54, 1.807) is 12.4 Å². The van der Waals surface area contributed by atoms with Crippen molar-refractivity contribution in [2.24, 2.45) is 0 Å². The van der Waals surface area contributed by atoms with Gasteiger partial charge in [0.25, 0.3) is 0 Å². The average Bonchev–Trinajstić information content (AvgIpc) is 3.35. The zero-order valence-corrected chi connectivity index (χ0v) is 18.4. The van der Waals surface area contributed by atoms with E-state index in [2.05, 4.69) is 22.5 Å². The first-order chi connectivity index (χ1) is 15.3. The highest BCUT2D eigenvalue weighted by Gasteiger charge is 2.37. The van der Waals surface area contributed by atoms with Gasteiger partial charge >= 0.3 is 12.1 Å². The highest BCUT2D eigenvalue weighted by Crippen LogP contribution is 2.44. The molecule has 0 bridgehead atoms. The number of aromatic nitrogens is 2. The molecule has 1 aliphatic carbocycles. The number of carbonyl (C=O) groups is 2. The number of carboxylic acids is 1. The smallest absolute Gasteiger partial charge is 0.408 e. The number of amides is 1. The van der Waals surface area contributed by atoms with E-state index in [-0.39, 0.29) is 25.0 Å². The van der Waals surface area contributed by atoms with Crippen LogP contribution >= 0.6 is 0 Å². The SMILES string of the molecule is CC(C)c1cnn(CC(C)(NC(=O)OCC2c3ccccc3-c3ccccc32)C(=O)O)c1. The Morgan fingerprint density at radius 3 is 2.25 bits per heavy atom. The summed E-state index contributed by atoms with van der Waals surface area (Å²) in [7, 11) is 0. The van der Waals surface area contributed by atoms with E-state index < -0.39 is 17.6 Å². The Bertz CT molecular complexity index is 1110. The van der Waals surface area contributed by atoms with Gasteiger partial charge in [0.05, 0.1) is 12.7 Å². The van der Waals surface area contributed by atoms with E-state index in [4.69, 9.17) is 4.74 Å². The van der Waals surface area contributed by atoms with Crippen LogP contribution < -0.4 is 5.32 Å². The number of nitrogens with zero attached hydrogens (tertiary/aromatic N) is 2. The van der Waals surface area contributed by atoms with Crippen molar-refractivity contribution < 1.29 is 19.4 Å². The second-order valence-corrected chi connectivity index (χ2v) is 8.71. The van der Waals surface area contributed by atoms with Crippen molar-refractivity contribution in [3.8, 4) is 11.1 Å². The number of benzene rings is 2. The molecule has 0 saturated heterocycles. The molecule has 1 atom stereocenters. The van der Waals surface area contributed by atoms with Crippen LogP contribution in [0, 0.1) is 0 Å². The third-order valence-corrected chi connectivity index (χ3v) is 5.99. The Morgan fingerprint density at radius 1 is 1.12 bits per heavy atom. The van der Waals surface area contributed by atoms with Gasteiger partial charge in [-0.3, -0.25) is 4.68 Å². The summed E-state index contributed by atoms with van der Waals surface area (Å²) in [5.41, 5.74) is 3.89. The highest BCUT2D eigenvalue weighted by atomic mass is 16.5. The van der Waals surface area contributed by atoms with Crippen molar-refractivity contribution in [2.75, 3.05) is 6.61 Å². The summed E-state index contributed by atoms with van der Waals surface area (Å²) in [6, 6.07) is 16.1. The number of alkyl carbamates (subject to hydrolysis) is 1. The van der Waals surface area contributed by atoms with E-state index in [9.17, 15) is 14.7 Å². The maximum Gasteiger partial charge on any atom is 0.408 e. The molecule has 32 heavy (non-hydrogen) atoms. The Balaban J connectivity index is 1.46. The fraction of sp³-hybridized carbons (Fsp3) is 0.320. The van der Waals surface area contributed by atoms with E-state index in [1.165, 1.54) is 11.6 Å². The van der Waals surface area contributed by atoms with Crippen molar-refractivity contribution in [3.05, 3.63) is 77.6 Å². The van der Waals surface area contributed by atoms with E-state index in [1.807, 2.05) is 50.2 Å². The van der Waals surface area contributed by atoms with Crippen LogP contribution in [0.3, 0.4) is 0 Å². The van der Waals surface area contributed by atoms with Gasteiger partial charge in [-0.2, -0.15) is 5.10 Å². The van der Waals surface area contributed by atoms with Crippen LogP contribution in [0.25, 0.3) is 11.1 Å². The van der Waals surface area contributed by atoms with Crippen LogP contribution in [-0.2, 0) is 16.1 Å². The molecule has 1 amide bonds.